The average molecular weight is 296 g/mol. The van der Waals surface area contributed by atoms with Gasteiger partial charge in [-0.1, -0.05) is 30.9 Å². The first-order valence-electron chi connectivity index (χ1n) is 6.42. The van der Waals surface area contributed by atoms with Gasteiger partial charge in [0.1, 0.15) is 5.75 Å². The van der Waals surface area contributed by atoms with Crippen LogP contribution < -0.4 is 16.0 Å². The van der Waals surface area contributed by atoms with Crippen molar-refractivity contribution in [3.63, 3.8) is 0 Å². The lowest BCUT2D eigenvalue weighted by atomic mass is 10.0. The van der Waals surface area contributed by atoms with Gasteiger partial charge < -0.3 is 4.74 Å². The third kappa shape index (κ3) is 3.63. The van der Waals surface area contributed by atoms with Gasteiger partial charge in [-0.25, -0.2) is 9.59 Å². The van der Waals surface area contributed by atoms with Gasteiger partial charge in [0.15, 0.2) is 5.94 Å². The maximum Gasteiger partial charge on any atom is 0.328 e. The molecule has 0 bridgehead atoms. The van der Waals surface area contributed by atoms with E-state index in [4.69, 9.17) is 4.74 Å². The molecule has 1 aromatic heterocycles. The number of aromatic nitrogens is 2. The van der Waals surface area contributed by atoms with Gasteiger partial charge in [0.2, 0.25) is 5.88 Å². The Morgan fingerprint density at radius 2 is 1.91 bits per heavy atom. The lowest BCUT2D eigenvalue weighted by Crippen LogP contribution is -2.27. The second-order valence-electron chi connectivity index (χ2n) is 4.39. The second-order valence-corrected chi connectivity index (χ2v) is 4.39. The normalized spacial score (nSPS) is 10.8. The van der Waals surface area contributed by atoms with E-state index < -0.39 is 17.2 Å². The number of carbonyl (C=O) groups excluding carboxylic acids is 1. The maximum atomic E-state index is 12.0. The summed E-state index contributed by atoms with van der Waals surface area (Å²) in [6.07, 6.45) is 1.45. The number of rotatable bonds is 4. The molecule has 1 atom stereocenters. The van der Waals surface area contributed by atoms with Crippen LogP contribution >= 0.6 is 0 Å². The van der Waals surface area contributed by atoms with Crippen LogP contribution in [0.1, 0.15) is 18.4 Å². The molecule has 0 fully saturated rings. The first-order chi connectivity index (χ1) is 10.6. The first kappa shape index (κ1) is 15.1. The summed E-state index contributed by atoms with van der Waals surface area (Å²) in [5.74, 6) is 1.50. The highest BCUT2D eigenvalue weighted by molar-refractivity contribution is 5.43. The molecule has 6 nitrogen and oxygen atoms in total. The number of benzene rings is 1. The zero-order valence-electron chi connectivity index (χ0n) is 11.7. The molecule has 6 heteroatoms. The molecular formula is C16H12N2O4. The zero-order valence-corrected chi connectivity index (χ0v) is 11.7. The summed E-state index contributed by atoms with van der Waals surface area (Å²) in [6.45, 7) is 1.69. The Morgan fingerprint density at radius 3 is 2.59 bits per heavy atom. The fourth-order valence-corrected chi connectivity index (χ4v) is 1.86. The van der Waals surface area contributed by atoms with Gasteiger partial charge in [-0.15, -0.1) is 0 Å². The Hall–Kier alpha value is -3.29. The average Bonchev–Trinajstić information content (AvgIpc) is 2.47. The van der Waals surface area contributed by atoms with Crippen molar-refractivity contribution < 1.29 is 9.53 Å². The van der Waals surface area contributed by atoms with Crippen molar-refractivity contribution in [3.8, 4) is 11.6 Å². The predicted molar refractivity (Wildman–Crippen MR) is 79.9 cm³/mol. The van der Waals surface area contributed by atoms with Gasteiger partial charge in [0.25, 0.3) is 5.56 Å². The molecule has 0 amide bonds. The van der Waals surface area contributed by atoms with E-state index in [1.54, 1.807) is 31.2 Å². The van der Waals surface area contributed by atoms with Gasteiger partial charge in [0.05, 0.1) is 5.56 Å². The fraction of sp³-hybridized carbons (Fsp3) is 0.125. The quantitative estimate of drug-likeness (QED) is 0.663. The molecule has 22 heavy (non-hydrogen) atoms. The summed E-state index contributed by atoms with van der Waals surface area (Å²) in [7, 11) is 0. The number of nitrogens with one attached hydrogen (secondary N) is 2. The summed E-state index contributed by atoms with van der Waals surface area (Å²) in [5.41, 5.74) is 3.55. The van der Waals surface area contributed by atoms with Crippen LogP contribution in [-0.2, 0) is 4.79 Å². The van der Waals surface area contributed by atoms with Crippen molar-refractivity contribution in [1.29, 1.82) is 0 Å². The van der Waals surface area contributed by atoms with E-state index in [-0.39, 0.29) is 11.4 Å². The molecule has 1 unspecified atom stereocenters. The van der Waals surface area contributed by atoms with E-state index in [1.165, 1.54) is 12.0 Å². The molecule has 2 N–H and O–H groups in total. The largest absolute Gasteiger partial charge is 0.440 e. The van der Waals surface area contributed by atoms with Crippen molar-refractivity contribution in [2.75, 3.05) is 0 Å². The number of hydrogen-bond acceptors (Lipinski definition) is 4. The monoisotopic (exact) mass is 296 g/mol. The Kier molecular flexibility index (Phi) is 4.76. The van der Waals surface area contributed by atoms with Crippen LogP contribution in [0.15, 0.2) is 57.5 Å². The van der Waals surface area contributed by atoms with E-state index in [9.17, 15) is 14.4 Å². The highest BCUT2D eigenvalue weighted by Crippen LogP contribution is 2.25. The molecule has 1 aromatic carbocycles. The number of para-hydroxylation sites is 1. The summed E-state index contributed by atoms with van der Waals surface area (Å²) < 4.78 is 5.58. The number of allylic oxidation sites excluding steroid dienone is 1. The molecule has 2 rings (SSSR count). The molecule has 0 saturated carbocycles. The second kappa shape index (κ2) is 6.93. The standard InChI is InChI=1S/C16H12N2O4/c1-11(7-5-6-10-19)13-14(20)17-16(21)18-15(13)22-12-8-3-2-4-9-12/h2-4,7-9,11H,1H3,(H2,17,18,20,21). The third-order valence-electron chi connectivity index (χ3n) is 2.82. The highest BCUT2D eigenvalue weighted by Gasteiger charge is 2.16. The van der Waals surface area contributed by atoms with E-state index in [0.29, 0.717) is 5.75 Å². The van der Waals surface area contributed by atoms with Gasteiger partial charge in [-0.3, -0.25) is 14.8 Å². The number of hydrogen-bond donors (Lipinski definition) is 2. The van der Waals surface area contributed by atoms with Crippen molar-refractivity contribution in [2.45, 2.75) is 12.8 Å². The van der Waals surface area contributed by atoms with Crippen LogP contribution in [0.4, 0.5) is 0 Å². The minimum Gasteiger partial charge on any atom is -0.440 e. The van der Waals surface area contributed by atoms with Crippen LogP contribution in [0, 0.1) is 0 Å². The molecule has 0 aliphatic rings. The van der Waals surface area contributed by atoms with Gasteiger partial charge >= 0.3 is 5.69 Å². The highest BCUT2D eigenvalue weighted by atomic mass is 16.5. The predicted octanol–water partition coefficient (Wildman–Crippen LogP) is 1.66. The van der Waals surface area contributed by atoms with E-state index >= 15 is 0 Å². The topological polar surface area (TPSA) is 92.0 Å². The summed E-state index contributed by atoms with van der Waals surface area (Å²) in [5, 5.41) is 0. The number of ether oxygens (including phenoxy) is 1. The van der Waals surface area contributed by atoms with Crippen molar-refractivity contribution in [3.05, 3.63) is 74.3 Å². The Balaban J connectivity index is 2.53. The summed E-state index contributed by atoms with van der Waals surface area (Å²) in [6, 6.07) is 8.73. The number of aromatic amines is 2. The molecule has 0 spiro atoms. The molecule has 0 aliphatic heterocycles. The van der Waals surface area contributed by atoms with Crippen LogP contribution in [0.3, 0.4) is 0 Å². The van der Waals surface area contributed by atoms with Gasteiger partial charge in [0, 0.05) is 11.6 Å². The van der Waals surface area contributed by atoms with Crippen LogP contribution in [0.2, 0.25) is 0 Å². The zero-order chi connectivity index (χ0) is 15.9. The Bertz CT molecular complexity index is 892. The molecule has 110 valence electrons. The van der Waals surface area contributed by atoms with Crippen LogP contribution in [0.25, 0.3) is 0 Å². The minimum absolute atomic E-state index is 0.0422. The summed E-state index contributed by atoms with van der Waals surface area (Å²) >= 11 is 0. The lowest BCUT2D eigenvalue weighted by Gasteiger charge is -2.11. The molecule has 0 aliphatic carbocycles. The molecular weight excluding hydrogens is 284 g/mol. The Labute approximate surface area is 125 Å². The van der Waals surface area contributed by atoms with Crippen molar-refractivity contribution in [2.24, 2.45) is 0 Å². The van der Waals surface area contributed by atoms with Crippen LogP contribution in [-0.4, -0.2) is 15.9 Å². The molecule has 0 radical (unpaired) electrons. The van der Waals surface area contributed by atoms with Gasteiger partial charge in [-0.05, 0) is 18.2 Å². The summed E-state index contributed by atoms with van der Waals surface area (Å²) in [4.78, 5) is 38.2. The van der Waals surface area contributed by atoms with E-state index in [0.717, 1.165) is 0 Å². The van der Waals surface area contributed by atoms with Crippen molar-refractivity contribution in [1.82, 2.24) is 9.97 Å². The third-order valence-corrected chi connectivity index (χ3v) is 2.82. The molecule has 2 aromatic rings. The smallest absolute Gasteiger partial charge is 0.328 e. The molecule has 1 heterocycles. The van der Waals surface area contributed by atoms with E-state index in [1.807, 2.05) is 6.07 Å². The van der Waals surface area contributed by atoms with Crippen molar-refractivity contribution >= 4 is 5.94 Å². The number of H-pyrrole nitrogens is 2. The SMILES string of the molecule is CC(C=C=C=C=O)c1c(Oc2ccccc2)[nH]c(=O)[nH]c1=O. The maximum absolute atomic E-state index is 12.0. The van der Waals surface area contributed by atoms with Gasteiger partial charge in [-0.2, -0.15) is 0 Å². The van der Waals surface area contributed by atoms with E-state index in [2.05, 4.69) is 21.4 Å². The first-order valence-corrected chi connectivity index (χ1v) is 6.42. The molecule has 0 saturated heterocycles. The lowest BCUT2D eigenvalue weighted by molar-refractivity contribution is 0.449. The fourth-order valence-electron chi connectivity index (χ4n) is 1.86. The van der Waals surface area contributed by atoms with Crippen LogP contribution in [0.5, 0.6) is 11.6 Å². The minimum atomic E-state index is -0.667. The Morgan fingerprint density at radius 1 is 1.18 bits per heavy atom.